The van der Waals surface area contributed by atoms with Crippen molar-refractivity contribution in [3.63, 3.8) is 0 Å². The van der Waals surface area contributed by atoms with Crippen LogP contribution in [0.4, 0.5) is 17.1 Å². The summed E-state index contributed by atoms with van der Waals surface area (Å²) in [5.41, 5.74) is 29.3. The molecule has 0 amide bonds. The third kappa shape index (κ3) is 10.0. The molecule has 12 aromatic rings. The average molecular weight is 1240 g/mol. The van der Waals surface area contributed by atoms with E-state index in [2.05, 4.69) is 359 Å². The first-order valence-electron chi connectivity index (χ1n) is 34.6. The van der Waals surface area contributed by atoms with Crippen LogP contribution in [-0.2, 0) is 37.9 Å². The van der Waals surface area contributed by atoms with Crippen molar-refractivity contribution in [2.24, 2.45) is 0 Å². The van der Waals surface area contributed by atoms with Crippen LogP contribution in [0, 0.1) is 0 Å². The van der Waals surface area contributed by atoms with Gasteiger partial charge in [-0.05, 0) is 183 Å². The van der Waals surface area contributed by atoms with Gasteiger partial charge < -0.3 is 14.2 Å². The fourth-order valence-corrected chi connectivity index (χ4v) is 15.7. The second kappa shape index (κ2) is 21.4. The molecule has 0 aliphatic carbocycles. The van der Waals surface area contributed by atoms with Gasteiger partial charge in [-0.15, -0.1) is 0 Å². The zero-order valence-corrected chi connectivity index (χ0v) is 59.2. The van der Waals surface area contributed by atoms with Crippen molar-refractivity contribution in [1.29, 1.82) is 0 Å². The molecule has 95 heavy (non-hydrogen) atoms. The van der Waals surface area contributed by atoms with E-state index in [4.69, 9.17) is 4.74 Å². The Hall–Kier alpha value is -9.12. The summed E-state index contributed by atoms with van der Waals surface area (Å²) in [6.07, 6.45) is 0. The Balaban J connectivity index is 1.13. The summed E-state index contributed by atoms with van der Waals surface area (Å²) in [4.78, 5) is 2.75. The van der Waals surface area contributed by atoms with E-state index in [1.54, 1.807) is 0 Å². The third-order valence-corrected chi connectivity index (χ3v) is 21.2. The van der Waals surface area contributed by atoms with Gasteiger partial charge >= 0.3 is 0 Å². The van der Waals surface area contributed by atoms with Crippen LogP contribution < -0.4 is 26.0 Å². The van der Waals surface area contributed by atoms with Crippen LogP contribution in [0.25, 0.3) is 60.9 Å². The maximum absolute atomic E-state index is 7.24. The van der Waals surface area contributed by atoms with Crippen molar-refractivity contribution in [3.05, 3.63) is 280 Å². The van der Waals surface area contributed by atoms with E-state index in [1.807, 2.05) is 0 Å². The van der Waals surface area contributed by atoms with E-state index in [-0.39, 0.29) is 39.2 Å². The number of para-hydroxylation sites is 2. The van der Waals surface area contributed by atoms with Crippen molar-refractivity contribution in [2.75, 3.05) is 4.90 Å². The molecule has 0 unspecified atom stereocenters. The highest BCUT2D eigenvalue weighted by atomic mass is 16.5. The highest BCUT2D eigenvalue weighted by Crippen LogP contribution is 2.59. The Morgan fingerprint density at radius 3 is 1.26 bits per heavy atom. The van der Waals surface area contributed by atoms with Gasteiger partial charge in [0.25, 0.3) is 0 Å². The fourth-order valence-electron chi connectivity index (χ4n) is 15.7. The van der Waals surface area contributed by atoms with E-state index in [0.29, 0.717) is 0 Å². The minimum absolute atomic E-state index is 0.0367. The van der Waals surface area contributed by atoms with Crippen LogP contribution in [-0.4, -0.2) is 11.3 Å². The molecule has 474 valence electrons. The summed E-state index contributed by atoms with van der Waals surface area (Å²) >= 11 is 0. The number of anilines is 3. The lowest BCUT2D eigenvalue weighted by molar-refractivity contribution is 0.435. The number of hydrogen-bond acceptors (Lipinski definition) is 2. The fraction of sp³-hybridized carbons (Fsp3) is 0.275. The second-order valence-corrected chi connectivity index (χ2v) is 33.9. The molecule has 3 aliphatic heterocycles. The zero-order valence-electron chi connectivity index (χ0n) is 59.2. The molecule has 15 rings (SSSR count). The van der Waals surface area contributed by atoms with Gasteiger partial charge in [0.2, 0.25) is 6.71 Å². The van der Waals surface area contributed by atoms with Gasteiger partial charge in [0.1, 0.15) is 11.5 Å². The van der Waals surface area contributed by atoms with Gasteiger partial charge in [0, 0.05) is 50.1 Å². The van der Waals surface area contributed by atoms with Crippen LogP contribution in [0.15, 0.2) is 224 Å². The molecular formula is C91H91BN2O. The molecule has 0 bridgehead atoms. The lowest BCUT2D eigenvalue weighted by atomic mass is 9.29. The number of fused-ring (bicyclic) bond motifs is 13. The van der Waals surface area contributed by atoms with Crippen molar-refractivity contribution in [3.8, 4) is 50.6 Å². The van der Waals surface area contributed by atoms with Gasteiger partial charge in [0.15, 0.2) is 0 Å². The van der Waals surface area contributed by atoms with Crippen molar-refractivity contribution in [2.45, 2.75) is 163 Å². The molecule has 0 N–H and O–H groups in total. The summed E-state index contributed by atoms with van der Waals surface area (Å²) in [6, 6.07) is 87.6. The van der Waals surface area contributed by atoms with Crippen LogP contribution in [0.1, 0.15) is 180 Å². The van der Waals surface area contributed by atoms with E-state index in [9.17, 15) is 0 Å². The number of ether oxygens (including phenoxy) is 1. The zero-order chi connectivity index (χ0) is 66.8. The Morgan fingerprint density at radius 1 is 0.316 bits per heavy atom. The number of aromatic nitrogens is 1. The Bertz CT molecular complexity index is 4880. The maximum Gasteiger partial charge on any atom is 0.247 e. The largest absolute Gasteiger partial charge is 0.457 e. The van der Waals surface area contributed by atoms with Crippen LogP contribution in [0.3, 0.4) is 0 Å². The van der Waals surface area contributed by atoms with Crippen LogP contribution in [0.2, 0.25) is 0 Å². The van der Waals surface area contributed by atoms with Crippen LogP contribution >= 0.6 is 0 Å². The van der Waals surface area contributed by atoms with Crippen LogP contribution in [0.5, 0.6) is 11.5 Å². The third-order valence-electron chi connectivity index (χ3n) is 21.2. The molecule has 4 heterocycles. The smallest absolute Gasteiger partial charge is 0.247 e. The standard InChI is InChI=1S/C91H91BN2O/c1-85(2,3)60-38-43-77-69(49-60)70-50-61(86(4,5)6)39-44-78(70)93(77)66-40-42-75-73(55-66)91(71-33-25-27-35-81(71)95-82-36-28-26-34-72(82)91)74-53-65(90(16,17)18)54-80-83(74)92(75)76-41-37-58(59-45-62(87(7,8)9)48-63(46-59)88(10,11)12)47-79(76)94(80)84-67(56-29-21-19-22-30-56)51-64(89(13,14)15)52-68(84)57-31-23-20-24-32-57/h19-55H,1-18H3. The minimum atomic E-state index is -0.864. The number of nitrogens with zero attached hydrogens (tertiary/aromatic N) is 2. The first-order valence-corrected chi connectivity index (χ1v) is 34.6. The summed E-state index contributed by atoms with van der Waals surface area (Å²) in [5.74, 6) is 1.75. The Morgan fingerprint density at radius 2 is 0.768 bits per heavy atom. The molecule has 0 saturated carbocycles. The minimum Gasteiger partial charge on any atom is -0.457 e. The van der Waals surface area contributed by atoms with Gasteiger partial charge in [-0.2, -0.15) is 0 Å². The van der Waals surface area contributed by atoms with E-state index in [1.165, 1.54) is 127 Å². The molecule has 3 nitrogen and oxygen atoms in total. The molecule has 1 aromatic heterocycles. The summed E-state index contributed by atoms with van der Waals surface area (Å²) in [6.45, 7) is 42.2. The van der Waals surface area contributed by atoms with Gasteiger partial charge in [-0.1, -0.05) is 282 Å². The van der Waals surface area contributed by atoms with E-state index in [0.717, 1.165) is 34.0 Å². The maximum atomic E-state index is 7.24. The van der Waals surface area contributed by atoms with E-state index >= 15 is 0 Å². The molecule has 3 aliphatic rings. The molecule has 4 heteroatoms. The molecule has 0 saturated heterocycles. The molecule has 11 aromatic carbocycles. The second-order valence-electron chi connectivity index (χ2n) is 33.9. The van der Waals surface area contributed by atoms with Crippen molar-refractivity contribution in [1.82, 2.24) is 4.57 Å². The lowest BCUT2D eigenvalue weighted by Crippen LogP contribution is -2.65. The monoisotopic (exact) mass is 1240 g/mol. The summed E-state index contributed by atoms with van der Waals surface area (Å²) in [7, 11) is 0. The number of hydrogen-bond donors (Lipinski definition) is 0. The van der Waals surface area contributed by atoms with Crippen molar-refractivity contribution >= 4 is 62.0 Å². The topological polar surface area (TPSA) is 17.4 Å². The molecule has 1 spiro atoms. The average Bonchev–Trinajstić information content (AvgIpc) is 0.872. The van der Waals surface area contributed by atoms with E-state index < -0.39 is 5.41 Å². The summed E-state index contributed by atoms with van der Waals surface area (Å²) < 4.78 is 9.81. The Kier molecular flexibility index (Phi) is 14.0. The molecule has 0 atom stereocenters. The van der Waals surface area contributed by atoms with Crippen molar-refractivity contribution < 1.29 is 4.74 Å². The molecule has 0 fully saturated rings. The predicted octanol–water partition coefficient (Wildman–Crippen LogP) is 22.7. The highest BCUT2D eigenvalue weighted by molar-refractivity contribution is 6.99. The quantitative estimate of drug-likeness (QED) is 0.160. The first-order chi connectivity index (χ1) is 44.9. The van der Waals surface area contributed by atoms with Gasteiger partial charge in [0.05, 0.1) is 22.1 Å². The normalized spacial score (nSPS) is 14.3. The number of rotatable bonds is 5. The lowest BCUT2D eigenvalue weighted by Gasteiger charge is -2.51. The molecular weight excluding hydrogens is 1150 g/mol. The number of benzene rings is 11. The Labute approximate surface area is 566 Å². The SMILES string of the molecule is CC(C)(C)c1cc(-c2ccc3c(c2)N(c2c(-c4ccccc4)cc(C(C)(C)C)cc2-c2ccccc2)c2cc(C(C)(C)C)cc4c2B3c2ccc(-n3c5ccc(C(C)(C)C)cc5c5cc(C(C)(C)C)ccc53)cc2C42c3ccccc3Oc3ccccc32)cc(C(C)(C)C)c1. The highest BCUT2D eigenvalue weighted by Gasteiger charge is 2.55. The summed E-state index contributed by atoms with van der Waals surface area (Å²) in [5, 5.41) is 2.55. The van der Waals surface area contributed by atoms with Gasteiger partial charge in [-0.25, -0.2) is 0 Å². The van der Waals surface area contributed by atoms with Gasteiger partial charge in [-0.3, -0.25) is 0 Å². The first kappa shape index (κ1) is 62.0. The molecule has 0 radical (unpaired) electrons. The predicted molar refractivity (Wildman–Crippen MR) is 407 cm³/mol.